The maximum Gasteiger partial charge on any atom is 0.0155 e. The number of rotatable bonds is 0. The van der Waals surface area contributed by atoms with Crippen LogP contribution in [0.2, 0.25) is 0 Å². The second-order valence-electron chi connectivity index (χ2n) is 4.08. The van der Waals surface area contributed by atoms with Gasteiger partial charge in [-0.3, -0.25) is 0 Å². The monoisotopic (exact) mass is 123 g/mol. The van der Waals surface area contributed by atoms with Crippen LogP contribution >= 0.6 is 0 Å². The molecule has 2 saturated carbocycles. The predicted octanol–water partition coefficient (Wildman–Crippen LogP) is 1.00. The second-order valence-corrected chi connectivity index (χ2v) is 4.08. The Bertz CT molecular complexity index is 166. The van der Waals surface area contributed by atoms with Crippen LogP contribution in [0.15, 0.2) is 0 Å². The van der Waals surface area contributed by atoms with Gasteiger partial charge in [0.1, 0.15) is 0 Å². The van der Waals surface area contributed by atoms with Crippen molar-refractivity contribution in [3.8, 4) is 0 Å². The number of nitrogens with one attached hydrogen (secondary N) is 1. The van der Waals surface area contributed by atoms with E-state index in [0.717, 1.165) is 23.3 Å². The molecule has 1 N–H and O–H groups in total. The third kappa shape index (κ3) is 0.315. The smallest absolute Gasteiger partial charge is 0.0155 e. The molecule has 1 nitrogen and oxygen atoms in total. The summed E-state index contributed by atoms with van der Waals surface area (Å²) in [7, 11) is 0. The van der Waals surface area contributed by atoms with Gasteiger partial charge in [-0.15, -0.1) is 0 Å². The fourth-order valence-corrected chi connectivity index (χ4v) is 3.35. The Labute approximate surface area is 55.8 Å². The average Bonchev–Trinajstić information content (AvgIpc) is 2.29. The van der Waals surface area contributed by atoms with E-state index < -0.39 is 0 Å². The lowest BCUT2D eigenvalue weighted by Gasteiger charge is -2.37. The van der Waals surface area contributed by atoms with Crippen LogP contribution in [0.3, 0.4) is 0 Å². The minimum absolute atomic E-state index is 0.861. The molecule has 1 heteroatoms. The highest BCUT2D eigenvalue weighted by Gasteiger charge is 2.73. The fourth-order valence-electron chi connectivity index (χ4n) is 3.35. The van der Waals surface area contributed by atoms with Crippen molar-refractivity contribution in [3.05, 3.63) is 0 Å². The molecule has 0 bridgehead atoms. The summed E-state index contributed by atoms with van der Waals surface area (Å²) in [5.41, 5.74) is 0.861. The minimum Gasteiger partial charge on any atom is -0.313 e. The standard InChI is InChI=1S/C8H13N/c1-5-6-4-8(6)2-3-9-7(5)8/h5-7,9H,2-4H2,1H3/t5-,6?,7?,8?/m1/s1. The van der Waals surface area contributed by atoms with Gasteiger partial charge in [0, 0.05) is 6.04 Å². The first-order chi connectivity index (χ1) is 4.34. The summed E-state index contributed by atoms with van der Waals surface area (Å²) < 4.78 is 0. The van der Waals surface area contributed by atoms with Crippen molar-refractivity contribution in [3.63, 3.8) is 0 Å². The molecular weight excluding hydrogens is 110 g/mol. The van der Waals surface area contributed by atoms with Crippen molar-refractivity contribution >= 4 is 0 Å². The molecule has 0 aromatic heterocycles. The van der Waals surface area contributed by atoms with Crippen molar-refractivity contribution in [2.75, 3.05) is 6.54 Å². The Hall–Kier alpha value is -0.0400. The predicted molar refractivity (Wildman–Crippen MR) is 36.1 cm³/mol. The first kappa shape index (κ1) is 4.73. The number of hydrogen-bond donors (Lipinski definition) is 1. The Morgan fingerprint density at radius 3 is 3.11 bits per heavy atom. The molecule has 1 saturated heterocycles. The molecule has 0 amide bonds. The topological polar surface area (TPSA) is 12.0 Å². The largest absolute Gasteiger partial charge is 0.313 e. The van der Waals surface area contributed by atoms with E-state index in [2.05, 4.69) is 12.2 Å². The van der Waals surface area contributed by atoms with E-state index in [-0.39, 0.29) is 0 Å². The number of hydrogen-bond acceptors (Lipinski definition) is 1. The van der Waals surface area contributed by atoms with Crippen LogP contribution in [0.4, 0.5) is 0 Å². The summed E-state index contributed by atoms with van der Waals surface area (Å²) in [5.74, 6) is 2.14. The zero-order valence-electron chi connectivity index (χ0n) is 5.85. The van der Waals surface area contributed by atoms with Crippen LogP contribution in [0.25, 0.3) is 0 Å². The van der Waals surface area contributed by atoms with E-state index in [1.54, 1.807) is 6.42 Å². The first-order valence-electron chi connectivity index (χ1n) is 4.08. The molecule has 1 heterocycles. The van der Waals surface area contributed by atoms with Crippen LogP contribution in [-0.4, -0.2) is 12.6 Å². The van der Waals surface area contributed by atoms with Gasteiger partial charge in [0.25, 0.3) is 0 Å². The average molecular weight is 123 g/mol. The van der Waals surface area contributed by atoms with Crippen molar-refractivity contribution in [1.29, 1.82) is 0 Å². The van der Waals surface area contributed by atoms with Gasteiger partial charge in [0.05, 0.1) is 0 Å². The normalized spacial score (nSPS) is 68.3. The van der Waals surface area contributed by atoms with Gasteiger partial charge in [-0.25, -0.2) is 0 Å². The van der Waals surface area contributed by atoms with Gasteiger partial charge < -0.3 is 5.32 Å². The van der Waals surface area contributed by atoms with E-state index in [4.69, 9.17) is 0 Å². The van der Waals surface area contributed by atoms with E-state index in [9.17, 15) is 0 Å². The lowest BCUT2D eigenvalue weighted by molar-refractivity contribution is 0.160. The van der Waals surface area contributed by atoms with E-state index in [1.165, 1.54) is 13.0 Å². The fraction of sp³-hybridized carbons (Fsp3) is 1.00. The molecule has 2 aliphatic carbocycles. The molecule has 3 aliphatic rings. The van der Waals surface area contributed by atoms with Crippen LogP contribution < -0.4 is 5.32 Å². The van der Waals surface area contributed by atoms with Crippen LogP contribution in [-0.2, 0) is 0 Å². The van der Waals surface area contributed by atoms with Crippen LogP contribution in [0.1, 0.15) is 19.8 Å². The molecular formula is C8H13N. The summed E-state index contributed by atoms with van der Waals surface area (Å²) in [6.07, 6.45) is 3.03. The molecule has 0 aromatic carbocycles. The van der Waals surface area contributed by atoms with E-state index in [0.29, 0.717) is 0 Å². The molecule has 1 spiro atoms. The van der Waals surface area contributed by atoms with Crippen LogP contribution in [0.5, 0.6) is 0 Å². The van der Waals surface area contributed by atoms with E-state index >= 15 is 0 Å². The molecule has 1 aliphatic heterocycles. The molecule has 9 heavy (non-hydrogen) atoms. The van der Waals surface area contributed by atoms with Gasteiger partial charge in [-0.05, 0) is 36.6 Å². The van der Waals surface area contributed by atoms with Gasteiger partial charge in [0.15, 0.2) is 0 Å². The SMILES string of the molecule is C[C@@H]1C2CC23CCNC13. The first-order valence-corrected chi connectivity index (χ1v) is 4.08. The van der Waals surface area contributed by atoms with Crippen LogP contribution in [0, 0.1) is 17.3 Å². The molecule has 3 rings (SSSR count). The molecule has 3 unspecified atom stereocenters. The Balaban J connectivity index is 1.97. The molecule has 50 valence electrons. The summed E-state index contributed by atoms with van der Waals surface area (Å²) in [5, 5.41) is 3.59. The Kier molecular flexibility index (Phi) is 0.563. The van der Waals surface area contributed by atoms with Crippen molar-refractivity contribution < 1.29 is 0 Å². The second kappa shape index (κ2) is 1.07. The quantitative estimate of drug-likeness (QED) is 0.507. The van der Waals surface area contributed by atoms with Crippen molar-refractivity contribution in [1.82, 2.24) is 5.32 Å². The third-order valence-corrected chi connectivity index (χ3v) is 3.91. The van der Waals surface area contributed by atoms with Crippen molar-refractivity contribution in [2.24, 2.45) is 17.3 Å². The van der Waals surface area contributed by atoms with Gasteiger partial charge in [0.2, 0.25) is 0 Å². The zero-order valence-corrected chi connectivity index (χ0v) is 5.85. The Morgan fingerprint density at radius 2 is 2.44 bits per heavy atom. The summed E-state index contributed by atoms with van der Waals surface area (Å²) in [6, 6.07) is 0.933. The molecule has 0 radical (unpaired) electrons. The summed E-state index contributed by atoms with van der Waals surface area (Å²) in [6.45, 7) is 3.70. The zero-order chi connectivity index (χ0) is 6.06. The van der Waals surface area contributed by atoms with Gasteiger partial charge in [-0.1, -0.05) is 6.92 Å². The highest BCUT2D eigenvalue weighted by Crippen LogP contribution is 2.73. The summed E-state index contributed by atoms with van der Waals surface area (Å²) in [4.78, 5) is 0. The maximum absolute atomic E-state index is 3.59. The van der Waals surface area contributed by atoms with Crippen molar-refractivity contribution in [2.45, 2.75) is 25.8 Å². The highest BCUT2D eigenvalue weighted by molar-refractivity contribution is 5.25. The molecule has 4 atom stereocenters. The molecule has 3 fully saturated rings. The highest BCUT2D eigenvalue weighted by atomic mass is 15.1. The lowest BCUT2D eigenvalue weighted by atomic mass is 9.72. The van der Waals surface area contributed by atoms with Gasteiger partial charge in [-0.2, -0.15) is 0 Å². The van der Waals surface area contributed by atoms with Gasteiger partial charge >= 0.3 is 0 Å². The minimum atomic E-state index is 0.861. The molecule has 0 aromatic rings. The lowest BCUT2D eigenvalue weighted by Crippen LogP contribution is -2.45. The Morgan fingerprint density at radius 1 is 1.56 bits per heavy atom. The maximum atomic E-state index is 3.59. The third-order valence-electron chi connectivity index (χ3n) is 3.91. The summed E-state index contributed by atoms with van der Waals surface area (Å²) >= 11 is 0. The van der Waals surface area contributed by atoms with E-state index in [1.807, 2.05) is 0 Å².